The normalized spacial score (nSPS) is 10.3. The van der Waals surface area contributed by atoms with Crippen LogP contribution in [0.2, 0.25) is 0 Å². The number of thiophene rings is 1. The summed E-state index contributed by atoms with van der Waals surface area (Å²) in [5, 5.41) is 3.33. The average molecular weight is 315 g/mol. The van der Waals surface area contributed by atoms with Gasteiger partial charge in [-0.05, 0) is 23.8 Å². The van der Waals surface area contributed by atoms with E-state index in [1.165, 1.54) is 11.9 Å². The number of aromatic nitrogens is 2. The third-order valence-electron chi connectivity index (χ3n) is 2.89. The number of hydrazine groups is 1. The second-order valence-electron chi connectivity index (χ2n) is 4.24. The van der Waals surface area contributed by atoms with Crippen LogP contribution < -0.4 is 16.2 Å². The van der Waals surface area contributed by atoms with Crippen molar-refractivity contribution in [3.05, 3.63) is 42.7 Å². The molecule has 3 aromatic rings. The molecule has 106 valence electrons. The first-order valence-electron chi connectivity index (χ1n) is 6.31. The second kappa shape index (κ2) is 6.02. The second-order valence-corrected chi connectivity index (χ2v) is 5.70. The number of thiocarbonyl (C=S) groups is 1. The van der Waals surface area contributed by atoms with E-state index in [0.717, 1.165) is 15.1 Å². The zero-order valence-corrected chi connectivity index (χ0v) is 12.9. The number of hydrogen-bond acceptors (Lipinski definition) is 5. The summed E-state index contributed by atoms with van der Waals surface area (Å²) in [5.74, 6) is 0.713. The van der Waals surface area contributed by atoms with Gasteiger partial charge in [0.15, 0.2) is 10.9 Å². The molecule has 0 aliphatic rings. The first-order chi connectivity index (χ1) is 10.3. The van der Waals surface area contributed by atoms with E-state index in [9.17, 15) is 0 Å². The maximum atomic E-state index is 5.03. The molecule has 0 unspecified atom stereocenters. The third-order valence-corrected chi connectivity index (χ3v) is 4.38. The maximum absolute atomic E-state index is 5.03. The molecule has 2 aromatic heterocycles. The summed E-state index contributed by atoms with van der Waals surface area (Å²) in [7, 11) is 1.76. The molecule has 5 nitrogen and oxygen atoms in total. The molecule has 0 spiro atoms. The molecule has 0 bridgehead atoms. The van der Waals surface area contributed by atoms with Gasteiger partial charge in [0, 0.05) is 11.9 Å². The lowest BCUT2D eigenvalue weighted by Gasteiger charge is -2.09. The van der Waals surface area contributed by atoms with E-state index in [1.807, 2.05) is 18.2 Å². The summed E-state index contributed by atoms with van der Waals surface area (Å²) in [4.78, 5) is 9.73. The quantitative estimate of drug-likeness (QED) is 0.510. The largest absolute Gasteiger partial charge is 0.364 e. The monoisotopic (exact) mass is 315 g/mol. The van der Waals surface area contributed by atoms with E-state index in [2.05, 4.69) is 44.3 Å². The lowest BCUT2D eigenvalue weighted by atomic mass is 10.2. The lowest BCUT2D eigenvalue weighted by Crippen LogP contribution is -2.36. The molecule has 0 fully saturated rings. The van der Waals surface area contributed by atoms with E-state index >= 15 is 0 Å². The fraction of sp³-hybridized carbons (Fsp3) is 0.0714. The van der Waals surface area contributed by atoms with Gasteiger partial charge in [-0.15, -0.1) is 11.3 Å². The van der Waals surface area contributed by atoms with Crippen LogP contribution in [-0.4, -0.2) is 22.1 Å². The highest BCUT2D eigenvalue weighted by molar-refractivity contribution is 7.80. The van der Waals surface area contributed by atoms with Crippen molar-refractivity contribution < 1.29 is 0 Å². The minimum atomic E-state index is 0.501. The molecule has 3 rings (SSSR count). The predicted octanol–water partition coefficient (Wildman–Crippen LogP) is 2.78. The zero-order chi connectivity index (χ0) is 14.7. The first-order valence-corrected chi connectivity index (χ1v) is 7.54. The van der Waals surface area contributed by atoms with E-state index in [1.54, 1.807) is 18.4 Å². The molecule has 0 atom stereocenters. The van der Waals surface area contributed by atoms with Crippen molar-refractivity contribution in [2.24, 2.45) is 0 Å². The first kappa shape index (κ1) is 13.7. The van der Waals surface area contributed by atoms with Crippen LogP contribution in [-0.2, 0) is 0 Å². The summed E-state index contributed by atoms with van der Waals surface area (Å²) in [6, 6.07) is 12.3. The standard InChI is InChI=1S/C14H13N5S2/c1-15-14(20)19-18-13-12-10(16-8-17-13)7-11(21-12)9-5-3-2-4-6-9/h2-8H,1H3,(H2,15,19,20)(H,16,17,18). The van der Waals surface area contributed by atoms with Crippen LogP contribution >= 0.6 is 23.6 Å². The predicted molar refractivity (Wildman–Crippen MR) is 91.3 cm³/mol. The minimum Gasteiger partial charge on any atom is -0.364 e. The van der Waals surface area contributed by atoms with Gasteiger partial charge in [0.2, 0.25) is 0 Å². The van der Waals surface area contributed by atoms with Crippen LogP contribution in [0.3, 0.4) is 0 Å². The summed E-state index contributed by atoms with van der Waals surface area (Å²) in [5.41, 5.74) is 7.97. The smallest absolute Gasteiger partial charge is 0.184 e. The van der Waals surface area contributed by atoms with Crippen molar-refractivity contribution in [3.63, 3.8) is 0 Å². The zero-order valence-electron chi connectivity index (χ0n) is 11.3. The van der Waals surface area contributed by atoms with Crippen molar-refractivity contribution in [1.29, 1.82) is 0 Å². The molecule has 7 heteroatoms. The van der Waals surface area contributed by atoms with Crippen LogP contribution in [0.4, 0.5) is 5.82 Å². The fourth-order valence-corrected chi connectivity index (χ4v) is 2.98. The highest BCUT2D eigenvalue weighted by Crippen LogP contribution is 2.35. The molecule has 1 aromatic carbocycles. The lowest BCUT2D eigenvalue weighted by molar-refractivity contribution is 1.02. The van der Waals surface area contributed by atoms with Gasteiger partial charge in [0.25, 0.3) is 0 Å². The van der Waals surface area contributed by atoms with Crippen molar-refractivity contribution in [3.8, 4) is 10.4 Å². The number of anilines is 1. The van der Waals surface area contributed by atoms with E-state index in [0.29, 0.717) is 10.9 Å². The maximum Gasteiger partial charge on any atom is 0.184 e. The van der Waals surface area contributed by atoms with Crippen LogP contribution in [0.15, 0.2) is 42.7 Å². The summed E-state index contributed by atoms with van der Waals surface area (Å²) >= 11 is 6.68. The fourth-order valence-electron chi connectivity index (χ4n) is 1.87. The van der Waals surface area contributed by atoms with Crippen molar-refractivity contribution in [2.45, 2.75) is 0 Å². The highest BCUT2D eigenvalue weighted by atomic mass is 32.1. The number of fused-ring (bicyclic) bond motifs is 1. The number of nitrogens with zero attached hydrogens (tertiary/aromatic N) is 2. The van der Waals surface area contributed by atoms with Gasteiger partial charge in [-0.2, -0.15) is 0 Å². The molecular weight excluding hydrogens is 302 g/mol. The topological polar surface area (TPSA) is 61.9 Å². The molecular formula is C14H13N5S2. The Morgan fingerprint density at radius 1 is 1.19 bits per heavy atom. The highest BCUT2D eigenvalue weighted by Gasteiger charge is 2.10. The van der Waals surface area contributed by atoms with E-state index in [-0.39, 0.29) is 0 Å². The number of rotatable bonds is 3. The molecule has 0 radical (unpaired) electrons. The molecule has 3 N–H and O–H groups in total. The average Bonchev–Trinajstić information content (AvgIpc) is 2.98. The summed E-state index contributed by atoms with van der Waals surface area (Å²) in [6.45, 7) is 0. The molecule has 0 saturated heterocycles. The molecule has 0 amide bonds. The number of benzene rings is 1. The Bertz CT molecular complexity index is 769. The van der Waals surface area contributed by atoms with Gasteiger partial charge in [0.1, 0.15) is 6.33 Å². The Labute approximate surface area is 131 Å². The van der Waals surface area contributed by atoms with Crippen LogP contribution in [0, 0.1) is 0 Å². The minimum absolute atomic E-state index is 0.501. The summed E-state index contributed by atoms with van der Waals surface area (Å²) < 4.78 is 0.989. The Morgan fingerprint density at radius 3 is 2.76 bits per heavy atom. The molecule has 2 heterocycles. The molecule has 0 aliphatic heterocycles. The molecule has 21 heavy (non-hydrogen) atoms. The van der Waals surface area contributed by atoms with E-state index < -0.39 is 0 Å². The SMILES string of the molecule is CNC(=S)NNc1ncnc2cc(-c3ccccc3)sc12. The number of hydrogen-bond donors (Lipinski definition) is 3. The van der Waals surface area contributed by atoms with Gasteiger partial charge < -0.3 is 5.32 Å². The van der Waals surface area contributed by atoms with Crippen LogP contribution in [0.1, 0.15) is 0 Å². The van der Waals surface area contributed by atoms with Gasteiger partial charge in [-0.1, -0.05) is 30.3 Å². The van der Waals surface area contributed by atoms with Crippen molar-refractivity contribution in [1.82, 2.24) is 20.7 Å². The summed E-state index contributed by atoms with van der Waals surface area (Å²) in [6.07, 6.45) is 1.54. The number of nitrogens with one attached hydrogen (secondary N) is 3. The van der Waals surface area contributed by atoms with Gasteiger partial charge >= 0.3 is 0 Å². The Kier molecular flexibility index (Phi) is 3.94. The Balaban J connectivity index is 1.96. The van der Waals surface area contributed by atoms with Gasteiger partial charge in [-0.25, -0.2) is 9.97 Å². The van der Waals surface area contributed by atoms with Crippen molar-refractivity contribution in [2.75, 3.05) is 12.5 Å². The van der Waals surface area contributed by atoms with Crippen molar-refractivity contribution >= 4 is 44.7 Å². The Hall–Kier alpha value is -2.25. The third kappa shape index (κ3) is 2.93. The molecule has 0 saturated carbocycles. The van der Waals surface area contributed by atoms with Gasteiger partial charge in [0.05, 0.1) is 10.2 Å². The van der Waals surface area contributed by atoms with Crippen LogP contribution in [0.25, 0.3) is 20.7 Å². The molecule has 0 aliphatic carbocycles. The van der Waals surface area contributed by atoms with E-state index in [4.69, 9.17) is 12.2 Å². The van der Waals surface area contributed by atoms with Gasteiger partial charge in [-0.3, -0.25) is 10.9 Å². The van der Waals surface area contributed by atoms with Crippen LogP contribution in [0.5, 0.6) is 0 Å². The Morgan fingerprint density at radius 2 is 2.00 bits per heavy atom.